The van der Waals surface area contributed by atoms with Crippen molar-refractivity contribution in [2.24, 2.45) is 0 Å². The summed E-state index contributed by atoms with van der Waals surface area (Å²) in [5.41, 5.74) is 2.11. The molecule has 0 aliphatic rings. The third kappa shape index (κ3) is 2.39. The van der Waals surface area contributed by atoms with Crippen LogP contribution in [0.1, 0.15) is 5.56 Å². The van der Waals surface area contributed by atoms with Crippen molar-refractivity contribution in [3.05, 3.63) is 46.6 Å². The minimum Gasteiger partial charge on any atom is -0.342 e. The molecule has 0 atom stereocenters. The highest BCUT2D eigenvalue weighted by molar-refractivity contribution is 7.98. The van der Waals surface area contributed by atoms with Crippen molar-refractivity contribution < 1.29 is 4.39 Å². The number of fused-ring (bicyclic) bond motifs is 1. The van der Waals surface area contributed by atoms with Crippen LogP contribution in [0.4, 0.5) is 4.39 Å². The van der Waals surface area contributed by atoms with Gasteiger partial charge < -0.3 is 4.98 Å². The minimum absolute atomic E-state index is 0.209. The Morgan fingerprint density at radius 1 is 1.32 bits per heavy atom. The molecule has 96 valence electrons. The van der Waals surface area contributed by atoms with Gasteiger partial charge in [0, 0.05) is 5.75 Å². The minimum atomic E-state index is -0.209. The summed E-state index contributed by atoms with van der Waals surface area (Å²) in [5, 5.41) is 7.64. The lowest BCUT2D eigenvalue weighted by Crippen LogP contribution is -1.91. The first-order valence-electron chi connectivity index (χ1n) is 5.53. The van der Waals surface area contributed by atoms with Crippen molar-refractivity contribution in [1.29, 1.82) is 0 Å². The van der Waals surface area contributed by atoms with Crippen molar-refractivity contribution in [1.82, 2.24) is 20.2 Å². The number of thioether (sulfide) groups is 1. The summed E-state index contributed by atoms with van der Waals surface area (Å²) in [7, 11) is 0. The van der Waals surface area contributed by atoms with E-state index >= 15 is 0 Å². The van der Waals surface area contributed by atoms with E-state index < -0.39 is 0 Å². The molecule has 0 amide bonds. The first-order chi connectivity index (χ1) is 9.25. The van der Waals surface area contributed by atoms with Crippen LogP contribution in [0.5, 0.6) is 0 Å². The van der Waals surface area contributed by atoms with Crippen molar-refractivity contribution in [3.63, 3.8) is 0 Å². The van der Waals surface area contributed by atoms with Crippen LogP contribution in [-0.2, 0) is 5.75 Å². The van der Waals surface area contributed by atoms with Crippen molar-refractivity contribution in [3.8, 4) is 0 Å². The van der Waals surface area contributed by atoms with Gasteiger partial charge in [0.15, 0.2) is 0 Å². The van der Waals surface area contributed by atoms with Crippen LogP contribution in [0.2, 0.25) is 0 Å². The Balaban J connectivity index is 1.91. The third-order valence-corrected chi connectivity index (χ3v) is 3.96. The molecule has 0 fully saturated rings. The molecule has 1 aromatic carbocycles. The number of aromatic amines is 2. The summed E-state index contributed by atoms with van der Waals surface area (Å²) in [6, 6.07) is 6.70. The Labute approximate surface area is 117 Å². The Morgan fingerprint density at radius 3 is 3.00 bits per heavy atom. The lowest BCUT2D eigenvalue weighted by molar-refractivity contribution is 0.617. The third-order valence-electron chi connectivity index (χ3n) is 2.65. The normalized spacial score (nSPS) is 11.0. The molecule has 7 heteroatoms. The van der Waals surface area contributed by atoms with Crippen molar-refractivity contribution in [2.45, 2.75) is 10.8 Å². The summed E-state index contributed by atoms with van der Waals surface area (Å²) >= 11 is 6.53. The highest BCUT2D eigenvalue weighted by Gasteiger charge is 2.09. The second kappa shape index (κ2) is 5.10. The van der Waals surface area contributed by atoms with Gasteiger partial charge in [-0.1, -0.05) is 42.2 Å². The van der Waals surface area contributed by atoms with E-state index in [1.54, 1.807) is 18.5 Å². The first-order valence-corrected chi connectivity index (χ1v) is 6.93. The van der Waals surface area contributed by atoms with Gasteiger partial charge in [-0.3, -0.25) is 5.10 Å². The maximum absolute atomic E-state index is 13.5. The van der Waals surface area contributed by atoms with E-state index in [2.05, 4.69) is 20.2 Å². The van der Waals surface area contributed by atoms with E-state index in [1.165, 1.54) is 17.8 Å². The summed E-state index contributed by atoms with van der Waals surface area (Å²) in [6.45, 7) is 0. The topological polar surface area (TPSA) is 57.4 Å². The van der Waals surface area contributed by atoms with Gasteiger partial charge in [-0.05, 0) is 11.6 Å². The predicted octanol–water partition coefficient (Wildman–Crippen LogP) is 3.45. The number of hydrogen-bond donors (Lipinski definition) is 2. The Kier molecular flexibility index (Phi) is 3.31. The van der Waals surface area contributed by atoms with Gasteiger partial charge in [0.1, 0.15) is 26.5 Å². The highest BCUT2D eigenvalue weighted by atomic mass is 32.2. The molecule has 19 heavy (non-hydrogen) atoms. The van der Waals surface area contributed by atoms with Gasteiger partial charge in [0.05, 0.1) is 6.33 Å². The molecule has 3 rings (SSSR count). The smallest absolute Gasteiger partial charge is 0.147 e. The van der Waals surface area contributed by atoms with E-state index in [0.717, 1.165) is 10.5 Å². The average Bonchev–Trinajstić information content (AvgIpc) is 2.90. The van der Waals surface area contributed by atoms with Gasteiger partial charge >= 0.3 is 0 Å². The van der Waals surface area contributed by atoms with Crippen LogP contribution in [0, 0.1) is 10.5 Å². The fourth-order valence-electron chi connectivity index (χ4n) is 1.71. The molecule has 4 nitrogen and oxygen atoms in total. The molecule has 2 N–H and O–H groups in total. The van der Waals surface area contributed by atoms with Gasteiger partial charge in [0.2, 0.25) is 0 Å². The van der Waals surface area contributed by atoms with Crippen molar-refractivity contribution >= 4 is 35.0 Å². The van der Waals surface area contributed by atoms with Crippen LogP contribution >= 0.6 is 24.0 Å². The maximum atomic E-state index is 13.5. The molecule has 0 radical (unpaired) electrons. The average molecular weight is 292 g/mol. The van der Waals surface area contributed by atoms with Crippen LogP contribution in [-0.4, -0.2) is 20.2 Å². The molecule has 0 bridgehead atoms. The SMILES string of the molecule is Fc1ccccc1CSc1n[nH]c(=S)c2nc[nH]c12. The van der Waals surface area contributed by atoms with E-state index in [9.17, 15) is 4.39 Å². The Bertz CT molecular complexity index is 780. The number of nitrogens with one attached hydrogen (secondary N) is 2. The summed E-state index contributed by atoms with van der Waals surface area (Å²) in [5.74, 6) is 0.290. The van der Waals surface area contributed by atoms with Gasteiger partial charge in [-0.25, -0.2) is 9.37 Å². The number of hydrogen-bond acceptors (Lipinski definition) is 4. The van der Waals surface area contributed by atoms with E-state index in [1.807, 2.05) is 6.07 Å². The summed E-state index contributed by atoms with van der Waals surface area (Å²) in [6.07, 6.45) is 1.57. The number of benzene rings is 1. The fraction of sp³-hybridized carbons (Fsp3) is 0.0833. The molecular formula is C12H9FN4S2. The second-order valence-corrected chi connectivity index (χ2v) is 5.24. The lowest BCUT2D eigenvalue weighted by Gasteiger charge is -2.03. The summed E-state index contributed by atoms with van der Waals surface area (Å²) in [4.78, 5) is 7.14. The van der Waals surface area contributed by atoms with Crippen molar-refractivity contribution in [2.75, 3.05) is 0 Å². The highest BCUT2D eigenvalue weighted by Crippen LogP contribution is 2.26. The number of nitrogens with zero attached hydrogens (tertiary/aromatic N) is 2. The molecule has 3 aromatic rings. The molecule has 2 heterocycles. The molecule has 0 unspecified atom stereocenters. The fourth-order valence-corrected chi connectivity index (χ4v) is 2.84. The molecule has 0 spiro atoms. The van der Waals surface area contributed by atoms with E-state index in [4.69, 9.17) is 12.2 Å². The van der Waals surface area contributed by atoms with Crippen LogP contribution in [0.15, 0.2) is 35.6 Å². The standard InChI is InChI=1S/C12H9FN4S2/c13-8-4-2-1-3-7(8)5-19-12-10-9(14-6-15-10)11(18)16-17-12/h1-4,6H,5H2,(H,14,15)(H,16,18). The quantitative estimate of drug-likeness (QED) is 0.573. The van der Waals surface area contributed by atoms with Gasteiger partial charge in [0.25, 0.3) is 0 Å². The monoisotopic (exact) mass is 292 g/mol. The van der Waals surface area contributed by atoms with E-state index in [0.29, 0.717) is 21.5 Å². The molecular weight excluding hydrogens is 283 g/mol. The van der Waals surface area contributed by atoms with Crippen LogP contribution in [0.25, 0.3) is 11.0 Å². The molecule has 2 aromatic heterocycles. The lowest BCUT2D eigenvalue weighted by atomic mass is 10.2. The zero-order valence-corrected chi connectivity index (χ0v) is 11.3. The molecule has 0 aliphatic heterocycles. The van der Waals surface area contributed by atoms with E-state index in [-0.39, 0.29) is 5.82 Å². The van der Waals surface area contributed by atoms with Crippen LogP contribution in [0.3, 0.4) is 0 Å². The van der Waals surface area contributed by atoms with Gasteiger partial charge in [-0.2, -0.15) is 5.10 Å². The van der Waals surface area contributed by atoms with Gasteiger partial charge in [-0.15, -0.1) is 0 Å². The zero-order valence-electron chi connectivity index (χ0n) is 9.68. The molecule has 0 aliphatic carbocycles. The maximum Gasteiger partial charge on any atom is 0.147 e. The predicted molar refractivity (Wildman–Crippen MR) is 75.0 cm³/mol. The zero-order chi connectivity index (χ0) is 13.2. The summed E-state index contributed by atoms with van der Waals surface area (Å²) < 4.78 is 14.0. The second-order valence-electron chi connectivity index (χ2n) is 3.86. The number of H-pyrrole nitrogens is 2. The Hall–Kier alpha value is -1.73. The number of aromatic nitrogens is 4. The Morgan fingerprint density at radius 2 is 2.16 bits per heavy atom. The first kappa shape index (κ1) is 12.3. The largest absolute Gasteiger partial charge is 0.342 e. The molecule has 0 saturated heterocycles. The van der Waals surface area contributed by atoms with Crippen LogP contribution < -0.4 is 0 Å². The molecule has 0 saturated carbocycles. The number of imidazole rings is 1. The number of halogens is 1. The number of rotatable bonds is 3.